The molecular formula is C19H26N4O4. The number of nitrogens with one attached hydrogen (secondary N) is 2. The van der Waals surface area contributed by atoms with Crippen molar-refractivity contribution in [2.45, 2.75) is 38.1 Å². The summed E-state index contributed by atoms with van der Waals surface area (Å²) in [7, 11) is 3.69. The number of piperidine rings is 1. The molecule has 3 N–H and O–H groups in total. The van der Waals surface area contributed by atoms with E-state index in [1.165, 1.54) is 0 Å². The summed E-state index contributed by atoms with van der Waals surface area (Å²) in [6.07, 6.45) is 0.109. The number of carbonyl (C=O) groups excluding carboxylic acids is 3. The van der Waals surface area contributed by atoms with E-state index in [-0.39, 0.29) is 18.2 Å². The van der Waals surface area contributed by atoms with Crippen molar-refractivity contribution in [3.05, 3.63) is 34.9 Å². The van der Waals surface area contributed by atoms with E-state index in [0.29, 0.717) is 38.2 Å². The van der Waals surface area contributed by atoms with Crippen LogP contribution in [0.1, 0.15) is 34.3 Å². The van der Waals surface area contributed by atoms with Crippen molar-refractivity contribution >= 4 is 17.7 Å². The van der Waals surface area contributed by atoms with E-state index < -0.39 is 18.1 Å². The minimum Gasteiger partial charge on any atom is -0.390 e. The third kappa shape index (κ3) is 4.18. The van der Waals surface area contributed by atoms with E-state index in [9.17, 15) is 19.5 Å². The van der Waals surface area contributed by atoms with Crippen molar-refractivity contribution < 1.29 is 19.5 Å². The maximum Gasteiger partial charge on any atom is 0.255 e. The number of nitrogens with zero attached hydrogens (tertiary/aromatic N) is 2. The molecule has 1 aromatic carbocycles. The molecule has 0 bridgehead atoms. The number of rotatable bonds is 7. The average Bonchev–Trinajstić information content (AvgIpc) is 2.92. The number of fused-ring (bicyclic) bond motifs is 1. The van der Waals surface area contributed by atoms with Crippen LogP contribution in [0.4, 0.5) is 0 Å². The van der Waals surface area contributed by atoms with Gasteiger partial charge in [-0.1, -0.05) is 18.2 Å². The molecule has 2 atom stereocenters. The molecule has 2 heterocycles. The largest absolute Gasteiger partial charge is 0.390 e. The van der Waals surface area contributed by atoms with Crippen molar-refractivity contribution in [3.8, 4) is 0 Å². The summed E-state index contributed by atoms with van der Waals surface area (Å²) in [6, 6.07) is 5.11. The van der Waals surface area contributed by atoms with Crippen LogP contribution < -0.4 is 10.6 Å². The highest BCUT2D eigenvalue weighted by atomic mass is 16.3. The smallest absolute Gasteiger partial charge is 0.255 e. The third-order valence-corrected chi connectivity index (χ3v) is 5.04. The second kappa shape index (κ2) is 8.16. The molecule has 0 aromatic heterocycles. The molecule has 27 heavy (non-hydrogen) atoms. The Hall–Kier alpha value is -2.29. The first-order valence-electron chi connectivity index (χ1n) is 9.17. The highest BCUT2D eigenvalue weighted by Crippen LogP contribution is 2.30. The van der Waals surface area contributed by atoms with Crippen LogP contribution in [-0.2, 0) is 22.7 Å². The van der Waals surface area contributed by atoms with Crippen molar-refractivity contribution in [2.24, 2.45) is 0 Å². The van der Waals surface area contributed by atoms with E-state index >= 15 is 0 Å². The van der Waals surface area contributed by atoms with Crippen LogP contribution in [0.3, 0.4) is 0 Å². The molecule has 2 aliphatic heterocycles. The maximum absolute atomic E-state index is 13.0. The molecule has 0 radical (unpaired) electrons. The maximum atomic E-state index is 13.0. The van der Waals surface area contributed by atoms with Crippen molar-refractivity contribution in [2.75, 3.05) is 27.2 Å². The van der Waals surface area contributed by atoms with Crippen LogP contribution in [0.5, 0.6) is 0 Å². The predicted octanol–water partition coefficient (Wildman–Crippen LogP) is -0.540. The summed E-state index contributed by atoms with van der Waals surface area (Å²) >= 11 is 0. The lowest BCUT2D eigenvalue weighted by Gasteiger charge is -2.29. The Kier molecular flexibility index (Phi) is 5.88. The molecule has 0 saturated carbocycles. The number of hydrogen-bond acceptors (Lipinski definition) is 6. The first kappa shape index (κ1) is 19.5. The van der Waals surface area contributed by atoms with Crippen LogP contribution >= 0.6 is 0 Å². The van der Waals surface area contributed by atoms with Gasteiger partial charge < -0.3 is 15.3 Å². The minimum absolute atomic E-state index is 0.167. The zero-order chi connectivity index (χ0) is 19.6. The van der Waals surface area contributed by atoms with Gasteiger partial charge in [0.2, 0.25) is 11.8 Å². The number of amides is 3. The van der Waals surface area contributed by atoms with E-state index in [2.05, 4.69) is 10.6 Å². The molecule has 3 amide bonds. The van der Waals surface area contributed by atoms with Gasteiger partial charge in [0.1, 0.15) is 6.04 Å². The van der Waals surface area contributed by atoms with Gasteiger partial charge in [-0.05, 0) is 31.6 Å². The lowest BCUT2D eigenvalue weighted by atomic mass is 10.0. The van der Waals surface area contributed by atoms with E-state index in [1.807, 2.05) is 30.1 Å². The van der Waals surface area contributed by atoms with Gasteiger partial charge >= 0.3 is 0 Å². The molecule has 146 valence electrons. The van der Waals surface area contributed by atoms with Crippen LogP contribution in [0.2, 0.25) is 0 Å². The van der Waals surface area contributed by atoms with Gasteiger partial charge in [0, 0.05) is 38.2 Å². The first-order chi connectivity index (χ1) is 12.9. The monoisotopic (exact) mass is 374 g/mol. The van der Waals surface area contributed by atoms with E-state index in [0.717, 1.165) is 11.1 Å². The number of aliphatic hydroxyl groups is 1. The highest BCUT2D eigenvalue weighted by molar-refractivity contribution is 6.05. The number of benzene rings is 1. The van der Waals surface area contributed by atoms with Gasteiger partial charge in [-0.25, -0.2) is 0 Å². The Morgan fingerprint density at radius 3 is 2.85 bits per heavy atom. The van der Waals surface area contributed by atoms with Crippen molar-refractivity contribution in [1.82, 2.24) is 20.4 Å². The summed E-state index contributed by atoms with van der Waals surface area (Å²) in [5.41, 5.74) is 2.41. The summed E-state index contributed by atoms with van der Waals surface area (Å²) in [5, 5.41) is 15.2. The van der Waals surface area contributed by atoms with Crippen LogP contribution in [0.25, 0.3) is 0 Å². The highest BCUT2D eigenvalue weighted by Gasteiger charge is 2.39. The molecule has 2 unspecified atom stereocenters. The fourth-order valence-corrected chi connectivity index (χ4v) is 3.84. The SMILES string of the molecule is CNCC(O)CN(C)Cc1cccc2c1C(=O)N(C1CCC(=O)NC1=O)C2. The average molecular weight is 374 g/mol. The zero-order valence-corrected chi connectivity index (χ0v) is 15.7. The standard InChI is InChI=1S/C19H26N4O4/c1-20-8-14(24)11-22(2)9-12-4-3-5-13-10-23(19(27)17(12)13)15-6-7-16(25)21-18(15)26/h3-5,14-15,20,24H,6-11H2,1-2H3,(H,21,25,26). The Labute approximate surface area is 158 Å². The molecule has 1 saturated heterocycles. The normalized spacial score (nSPS) is 20.8. The Morgan fingerprint density at radius 2 is 2.15 bits per heavy atom. The number of likely N-dealkylation sites (N-methyl/N-ethyl adjacent to an activating group) is 2. The second-order valence-electron chi connectivity index (χ2n) is 7.26. The van der Waals surface area contributed by atoms with Gasteiger partial charge in [0.25, 0.3) is 5.91 Å². The quantitative estimate of drug-likeness (QED) is 0.554. The molecule has 1 aromatic rings. The molecule has 8 nitrogen and oxygen atoms in total. The Balaban J connectivity index is 1.74. The summed E-state index contributed by atoms with van der Waals surface area (Å²) in [4.78, 5) is 40.1. The second-order valence-corrected chi connectivity index (χ2v) is 7.26. The summed E-state index contributed by atoms with van der Waals surface area (Å²) < 4.78 is 0. The molecule has 0 spiro atoms. The van der Waals surface area contributed by atoms with Crippen molar-refractivity contribution in [3.63, 3.8) is 0 Å². The molecule has 1 fully saturated rings. The lowest BCUT2D eigenvalue weighted by molar-refractivity contribution is -0.136. The Morgan fingerprint density at radius 1 is 1.37 bits per heavy atom. The molecule has 8 heteroatoms. The fourth-order valence-electron chi connectivity index (χ4n) is 3.84. The molecule has 0 aliphatic carbocycles. The summed E-state index contributed by atoms with van der Waals surface area (Å²) in [5.74, 6) is -0.858. The number of imide groups is 1. The van der Waals surface area contributed by atoms with Gasteiger partial charge in [-0.2, -0.15) is 0 Å². The minimum atomic E-state index is -0.606. The van der Waals surface area contributed by atoms with Crippen LogP contribution in [0, 0.1) is 0 Å². The topological polar surface area (TPSA) is 102 Å². The molecule has 3 rings (SSSR count). The third-order valence-electron chi connectivity index (χ3n) is 5.04. The number of aliphatic hydroxyl groups excluding tert-OH is 1. The predicted molar refractivity (Wildman–Crippen MR) is 98.8 cm³/mol. The van der Waals surface area contributed by atoms with Gasteiger partial charge in [-0.3, -0.25) is 24.6 Å². The molecule has 2 aliphatic rings. The first-order valence-corrected chi connectivity index (χ1v) is 9.17. The van der Waals surface area contributed by atoms with Crippen LogP contribution in [0.15, 0.2) is 18.2 Å². The van der Waals surface area contributed by atoms with Gasteiger partial charge in [0.15, 0.2) is 0 Å². The van der Waals surface area contributed by atoms with Crippen LogP contribution in [-0.4, -0.2) is 72.0 Å². The van der Waals surface area contributed by atoms with Gasteiger partial charge in [-0.15, -0.1) is 0 Å². The number of hydrogen-bond donors (Lipinski definition) is 3. The van der Waals surface area contributed by atoms with E-state index in [1.54, 1.807) is 11.9 Å². The molecular weight excluding hydrogens is 348 g/mol. The summed E-state index contributed by atoms with van der Waals surface area (Å²) in [6.45, 7) is 1.88. The van der Waals surface area contributed by atoms with Gasteiger partial charge in [0.05, 0.1) is 6.10 Å². The lowest BCUT2D eigenvalue weighted by Crippen LogP contribution is -2.52. The van der Waals surface area contributed by atoms with E-state index in [4.69, 9.17) is 0 Å². The zero-order valence-electron chi connectivity index (χ0n) is 15.7. The number of carbonyl (C=O) groups is 3. The fraction of sp³-hybridized carbons (Fsp3) is 0.526. The Bertz CT molecular complexity index is 751. The van der Waals surface area contributed by atoms with Crippen molar-refractivity contribution in [1.29, 1.82) is 0 Å².